The molecular formula is C11H12O3. The standard InChI is InChI=1S/C11H12O3/c1-14-11(13)9-5-3-7-2-4-8(12)6-10(7)9/h2,4,6,9,12H,3,5H2,1H3/t9-/m0/s1. The molecule has 0 saturated heterocycles. The number of phenols is 1. The molecule has 0 amide bonds. The highest BCUT2D eigenvalue weighted by Gasteiger charge is 2.29. The van der Waals surface area contributed by atoms with Crippen LogP contribution in [0.2, 0.25) is 0 Å². The minimum Gasteiger partial charge on any atom is -0.508 e. The lowest BCUT2D eigenvalue weighted by Gasteiger charge is -2.08. The fourth-order valence-electron chi connectivity index (χ4n) is 1.98. The SMILES string of the molecule is COC(=O)[C@H]1CCc2ccc(O)cc21. The number of aromatic hydroxyl groups is 1. The van der Waals surface area contributed by atoms with Crippen LogP contribution in [0.15, 0.2) is 18.2 Å². The van der Waals surface area contributed by atoms with Crippen molar-refractivity contribution in [1.82, 2.24) is 0 Å². The van der Waals surface area contributed by atoms with Crippen molar-refractivity contribution in [3.05, 3.63) is 29.3 Å². The molecule has 2 rings (SSSR count). The van der Waals surface area contributed by atoms with Gasteiger partial charge in [-0.2, -0.15) is 0 Å². The first kappa shape index (κ1) is 9.06. The van der Waals surface area contributed by atoms with Crippen LogP contribution >= 0.6 is 0 Å². The molecule has 0 spiro atoms. The summed E-state index contributed by atoms with van der Waals surface area (Å²) in [6.07, 6.45) is 1.67. The van der Waals surface area contributed by atoms with E-state index in [1.54, 1.807) is 12.1 Å². The average Bonchev–Trinajstić information content (AvgIpc) is 2.59. The summed E-state index contributed by atoms with van der Waals surface area (Å²) in [6, 6.07) is 5.18. The van der Waals surface area contributed by atoms with E-state index < -0.39 is 0 Å². The van der Waals surface area contributed by atoms with Gasteiger partial charge >= 0.3 is 5.97 Å². The van der Waals surface area contributed by atoms with Gasteiger partial charge in [0.15, 0.2) is 0 Å². The third-order valence-electron chi connectivity index (χ3n) is 2.69. The van der Waals surface area contributed by atoms with E-state index in [2.05, 4.69) is 0 Å². The number of rotatable bonds is 1. The Balaban J connectivity index is 2.38. The first-order valence-corrected chi connectivity index (χ1v) is 4.62. The zero-order valence-electron chi connectivity index (χ0n) is 7.99. The van der Waals surface area contributed by atoms with E-state index in [0.717, 1.165) is 24.0 Å². The molecule has 1 aromatic carbocycles. The zero-order valence-corrected chi connectivity index (χ0v) is 7.99. The lowest BCUT2D eigenvalue weighted by molar-refractivity contribution is -0.142. The molecule has 0 radical (unpaired) electrons. The van der Waals surface area contributed by atoms with Crippen LogP contribution in [0.1, 0.15) is 23.5 Å². The molecule has 0 saturated carbocycles. The molecule has 0 fully saturated rings. The summed E-state index contributed by atoms with van der Waals surface area (Å²) in [5.41, 5.74) is 2.05. The molecule has 1 atom stereocenters. The van der Waals surface area contributed by atoms with E-state index in [1.807, 2.05) is 6.07 Å². The first-order chi connectivity index (χ1) is 6.72. The van der Waals surface area contributed by atoms with Crippen molar-refractivity contribution >= 4 is 5.97 Å². The van der Waals surface area contributed by atoms with Gasteiger partial charge in [0, 0.05) is 0 Å². The van der Waals surface area contributed by atoms with Gasteiger partial charge in [-0.3, -0.25) is 4.79 Å². The van der Waals surface area contributed by atoms with E-state index in [0.29, 0.717) is 0 Å². The third kappa shape index (κ3) is 1.35. The van der Waals surface area contributed by atoms with Gasteiger partial charge in [0.2, 0.25) is 0 Å². The molecule has 0 bridgehead atoms. The van der Waals surface area contributed by atoms with Crippen LogP contribution in [-0.4, -0.2) is 18.2 Å². The molecule has 1 aliphatic carbocycles. The van der Waals surface area contributed by atoms with Gasteiger partial charge in [-0.1, -0.05) is 6.07 Å². The number of carbonyl (C=O) groups excluding carboxylic acids is 1. The Labute approximate surface area is 82.3 Å². The summed E-state index contributed by atoms with van der Waals surface area (Å²) in [5, 5.41) is 9.32. The first-order valence-electron chi connectivity index (χ1n) is 4.62. The third-order valence-corrected chi connectivity index (χ3v) is 2.69. The Morgan fingerprint density at radius 2 is 2.36 bits per heavy atom. The minimum absolute atomic E-state index is 0.193. The number of aryl methyl sites for hydroxylation is 1. The number of fused-ring (bicyclic) bond motifs is 1. The predicted molar refractivity (Wildman–Crippen MR) is 51.2 cm³/mol. The van der Waals surface area contributed by atoms with Crippen LogP contribution in [0.3, 0.4) is 0 Å². The molecule has 0 heterocycles. The van der Waals surface area contributed by atoms with Crippen molar-refractivity contribution < 1.29 is 14.6 Å². The monoisotopic (exact) mass is 192 g/mol. The Kier molecular flexibility index (Phi) is 2.15. The second-order valence-electron chi connectivity index (χ2n) is 3.50. The average molecular weight is 192 g/mol. The number of methoxy groups -OCH3 is 1. The van der Waals surface area contributed by atoms with Crippen LogP contribution in [0.4, 0.5) is 0 Å². The van der Waals surface area contributed by atoms with Gasteiger partial charge in [0.05, 0.1) is 13.0 Å². The Morgan fingerprint density at radius 1 is 1.57 bits per heavy atom. The zero-order chi connectivity index (χ0) is 10.1. The maximum atomic E-state index is 11.4. The number of hydrogen-bond donors (Lipinski definition) is 1. The summed E-state index contributed by atoms with van der Waals surface area (Å²) in [6.45, 7) is 0. The fourth-order valence-corrected chi connectivity index (χ4v) is 1.98. The molecule has 3 nitrogen and oxygen atoms in total. The van der Waals surface area contributed by atoms with Crippen molar-refractivity contribution in [2.24, 2.45) is 0 Å². The molecule has 1 aromatic rings. The highest BCUT2D eigenvalue weighted by atomic mass is 16.5. The second kappa shape index (κ2) is 3.33. The highest BCUT2D eigenvalue weighted by Crippen LogP contribution is 2.35. The van der Waals surface area contributed by atoms with Crippen molar-refractivity contribution in [2.75, 3.05) is 7.11 Å². The fraction of sp³-hybridized carbons (Fsp3) is 0.364. The Bertz CT molecular complexity index is 371. The summed E-state index contributed by atoms with van der Waals surface area (Å²) in [7, 11) is 1.39. The van der Waals surface area contributed by atoms with Crippen molar-refractivity contribution in [3.8, 4) is 5.75 Å². The number of esters is 1. The quantitative estimate of drug-likeness (QED) is 0.687. The molecule has 1 aliphatic rings. The number of ether oxygens (including phenoxy) is 1. The van der Waals surface area contributed by atoms with Gasteiger partial charge in [0.25, 0.3) is 0 Å². The maximum absolute atomic E-state index is 11.4. The molecule has 0 aliphatic heterocycles. The highest BCUT2D eigenvalue weighted by molar-refractivity contribution is 5.79. The summed E-state index contributed by atoms with van der Waals surface area (Å²) in [5.74, 6) is -0.198. The Hall–Kier alpha value is -1.51. The van der Waals surface area contributed by atoms with Gasteiger partial charge in [-0.25, -0.2) is 0 Å². The maximum Gasteiger partial charge on any atom is 0.313 e. The number of carbonyl (C=O) groups is 1. The molecule has 3 heteroatoms. The van der Waals surface area contributed by atoms with E-state index in [4.69, 9.17) is 4.74 Å². The lowest BCUT2D eigenvalue weighted by atomic mass is 10.0. The van der Waals surface area contributed by atoms with E-state index >= 15 is 0 Å². The largest absolute Gasteiger partial charge is 0.508 e. The molecule has 0 aromatic heterocycles. The molecule has 74 valence electrons. The summed E-state index contributed by atoms with van der Waals surface area (Å²) < 4.78 is 4.71. The minimum atomic E-state index is -0.214. The number of hydrogen-bond acceptors (Lipinski definition) is 3. The van der Waals surface area contributed by atoms with E-state index in [1.165, 1.54) is 7.11 Å². The normalized spacial score (nSPS) is 19.1. The number of benzene rings is 1. The molecule has 1 N–H and O–H groups in total. The Morgan fingerprint density at radius 3 is 3.07 bits per heavy atom. The smallest absolute Gasteiger partial charge is 0.313 e. The van der Waals surface area contributed by atoms with Crippen LogP contribution in [-0.2, 0) is 16.0 Å². The van der Waals surface area contributed by atoms with Gasteiger partial charge in [-0.15, -0.1) is 0 Å². The van der Waals surface area contributed by atoms with Crippen molar-refractivity contribution in [2.45, 2.75) is 18.8 Å². The molecule has 14 heavy (non-hydrogen) atoms. The number of phenolic OH excluding ortho intramolecular Hbond substituents is 1. The van der Waals surface area contributed by atoms with Gasteiger partial charge in [0.1, 0.15) is 5.75 Å². The van der Waals surface area contributed by atoms with Crippen LogP contribution in [0, 0.1) is 0 Å². The van der Waals surface area contributed by atoms with Gasteiger partial charge < -0.3 is 9.84 Å². The summed E-state index contributed by atoms with van der Waals surface area (Å²) >= 11 is 0. The van der Waals surface area contributed by atoms with Crippen LogP contribution in [0.5, 0.6) is 5.75 Å². The molecule has 0 unspecified atom stereocenters. The van der Waals surface area contributed by atoms with Crippen molar-refractivity contribution in [3.63, 3.8) is 0 Å². The topological polar surface area (TPSA) is 46.5 Å². The van der Waals surface area contributed by atoms with Crippen LogP contribution < -0.4 is 0 Å². The summed E-state index contributed by atoms with van der Waals surface area (Å²) in [4.78, 5) is 11.4. The lowest BCUT2D eigenvalue weighted by Crippen LogP contribution is -2.11. The second-order valence-corrected chi connectivity index (χ2v) is 3.50. The predicted octanol–water partition coefficient (Wildman–Crippen LogP) is 1.59. The van der Waals surface area contributed by atoms with Gasteiger partial charge in [-0.05, 0) is 36.1 Å². The van der Waals surface area contributed by atoms with E-state index in [9.17, 15) is 9.90 Å². The molecular weight excluding hydrogens is 180 g/mol. The van der Waals surface area contributed by atoms with Crippen molar-refractivity contribution in [1.29, 1.82) is 0 Å². The van der Waals surface area contributed by atoms with E-state index in [-0.39, 0.29) is 17.6 Å². The van der Waals surface area contributed by atoms with Crippen LogP contribution in [0.25, 0.3) is 0 Å².